The highest BCUT2D eigenvalue weighted by molar-refractivity contribution is 6.30. The van der Waals surface area contributed by atoms with Crippen molar-refractivity contribution in [2.75, 3.05) is 11.9 Å². The lowest BCUT2D eigenvalue weighted by molar-refractivity contribution is 0.0697. The molecule has 0 saturated carbocycles. The molecule has 3 aromatic rings. The standard InChI is InChI=1S/C20H18ClN3O2/c21-15-7-3-5-13(11-15)18-17-9-1-2-10-22-19(17)24(23-18)16-8-4-6-14(12-16)20(25)26/h3-8,11-12,22H,1-2,9-10H2,(H,25,26). The number of benzene rings is 2. The zero-order valence-electron chi connectivity index (χ0n) is 14.1. The molecule has 4 rings (SSSR count). The van der Waals surface area contributed by atoms with Gasteiger partial charge in [0.2, 0.25) is 0 Å². The van der Waals surface area contributed by atoms with Crippen LogP contribution < -0.4 is 5.32 Å². The average molecular weight is 368 g/mol. The molecule has 0 bridgehead atoms. The predicted molar refractivity (Wildman–Crippen MR) is 102 cm³/mol. The van der Waals surface area contributed by atoms with Gasteiger partial charge in [-0.15, -0.1) is 0 Å². The first-order chi connectivity index (χ1) is 12.6. The lowest BCUT2D eigenvalue weighted by atomic mass is 10.0. The van der Waals surface area contributed by atoms with Gasteiger partial charge >= 0.3 is 5.97 Å². The maximum atomic E-state index is 11.3. The summed E-state index contributed by atoms with van der Waals surface area (Å²) in [6, 6.07) is 14.5. The van der Waals surface area contributed by atoms with E-state index >= 15 is 0 Å². The third-order valence-corrected chi connectivity index (χ3v) is 4.80. The molecule has 0 amide bonds. The van der Waals surface area contributed by atoms with Crippen LogP contribution in [0.15, 0.2) is 48.5 Å². The van der Waals surface area contributed by atoms with Crippen LogP contribution in [0.3, 0.4) is 0 Å². The Morgan fingerprint density at radius 1 is 1.15 bits per heavy atom. The van der Waals surface area contributed by atoms with E-state index in [2.05, 4.69) is 5.32 Å². The van der Waals surface area contributed by atoms with Crippen molar-refractivity contribution in [3.05, 3.63) is 64.7 Å². The van der Waals surface area contributed by atoms with Gasteiger partial charge in [-0.1, -0.05) is 29.8 Å². The van der Waals surface area contributed by atoms with Gasteiger partial charge in [-0.05, 0) is 49.6 Å². The van der Waals surface area contributed by atoms with Crippen LogP contribution in [0.25, 0.3) is 16.9 Å². The van der Waals surface area contributed by atoms with Gasteiger partial charge in [-0.3, -0.25) is 0 Å². The van der Waals surface area contributed by atoms with E-state index in [1.165, 1.54) is 0 Å². The Bertz CT molecular complexity index is 981. The van der Waals surface area contributed by atoms with Gasteiger partial charge in [0, 0.05) is 22.7 Å². The molecule has 26 heavy (non-hydrogen) atoms. The number of carbonyl (C=O) groups is 1. The molecule has 5 nitrogen and oxygen atoms in total. The number of aromatic nitrogens is 2. The molecule has 2 heterocycles. The molecule has 6 heteroatoms. The quantitative estimate of drug-likeness (QED) is 0.707. The molecule has 1 aromatic heterocycles. The number of anilines is 1. The lowest BCUT2D eigenvalue weighted by Crippen LogP contribution is -2.08. The lowest BCUT2D eigenvalue weighted by Gasteiger charge is -2.09. The van der Waals surface area contributed by atoms with Crippen LogP contribution >= 0.6 is 11.6 Å². The van der Waals surface area contributed by atoms with Gasteiger partial charge in [0.05, 0.1) is 16.9 Å². The summed E-state index contributed by atoms with van der Waals surface area (Å²) in [5, 5.41) is 18.2. The van der Waals surface area contributed by atoms with Crippen molar-refractivity contribution in [1.29, 1.82) is 0 Å². The zero-order valence-corrected chi connectivity index (χ0v) is 14.8. The minimum Gasteiger partial charge on any atom is -0.478 e. The Hall–Kier alpha value is -2.79. The van der Waals surface area contributed by atoms with Crippen LogP contribution in [0.4, 0.5) is 5.82 Å². The highest BCUT2D eigenvalue weighted by Gasteiger charge is 2.22. The monoisotopic (exact) mass is 367 g/mol. The molecule has 0 spiro atoms. The molecular formula is C20H18ClN3O2. The first kappa shape index (κ1) is 16.7. The van der Waals surface area contributed by atoms with E-state index in [9.17, 15) is 9.90 Å². The number of aromatic carboxylic acids is 1. The summed E-state index contributed by atoms with van der Waals surface area (Å²) in [5.74, 6) is -0.0202. The van der Waals surface area contributed by atoms with Crippen LogP contribution in [-0.2, 0) is 6.42 Å². The van der Waals surface area contributed by atoms with Crippen molar-refractivity contribution >= 4 is 23.4 Å². The Morgan fingerprint density at radius 2 is 2.00 bits per heavy atom. The first-order valence-electron chi connectivity index (χ1n) is 8.59. The molecule has 2 N–H and O–H groups in total. The molecule has 132 valence electrons. The highest BCUT2D eigenvalue weighted by atomic mass is 35.5. The summed E-state index contributed by atoms with van der Waals surface area (Å²) in [5.41, 5.74) is 3.96. The van der Waals surface area contributed by atoms with Crippen molar-refractivity contribution in [1.82, 2.24) is 9.78 Å². The minimum absolute atomic E-state index is 0.240. The number of nitrogens with zero attached hydrogens (tertiary/aromatic N) is 2. The number of rotatable bonds is 3. The van der Waals surface area contributed by atoms with Gasteiger partial charge in [-0.2, -0.15) is 5.10 Å². The van der Waals surface area contributed by atoms with Gasteiger partial charge in [0.15, 0.2) is 0 Å². The van der Waals surface area contributed by atoms with Gasteiger partial charge < -0.3 is 10.4 Å². The summed E-state index contributed by atoms with van der Waals surface area (Å²) < 4.78 is 1.81. The molecule has 2 aromatic carbocycles. The number of halogens is 1. The Kier molecular flexibility index (Phi) is 4.39. The van der Waals surface area contributed by atoms with Crippen LogP contribution in [0.5, 0.6) is 0 Å². The average Bonchev–Trinajstić information content (AvgIpc) is 2.83. The summed E-state index contributed by atoms with van der Waals surface area (Å²) >= 11 is 6.17. The maximum Gasteiger partial charge on any atom is 0.335 e. The molecule has 0 saturated heterocycles. The van der Waals surface area contributed by atoms with Crippen molar-refractivity contribution in [3.8, 4) is 16.9 Å². The fourth-order valence-electron chi connectivity index (χ4n) is 3.33. The highest BCUT2D eigenvalue weighted by Crippen LogP contribution is 2.34. The molecule has 1 aliphatic rings. The van der Waals surface area contributed by atoms with Gasteiger partial charge in [-0.25, -0.2) is 9.48 Å². The zero-order chi connectivity index (χ0) is 18.1. The normalized spacial score (nSPS) is 13.6. The Labute approximate surface area is 156 Å². The topological polar surface area (TPSA) is 67.1 Å². The second-order valence-corrected chi connectivity index (χ2v) is 6.77. The summed E-state index contributed by atoms with van der Waals surface area (Å²) in [6.45, 7) is 0.867. The number of carboxylic acids is 1. The molecule has 0 radical (unpaired) electrons. The first-order valence-corrected chi connectivity index (χ1v) is 8.97. The van der Waals surface area contributed by atoms with Crippen molar-refractivity contribution in [2.24, 2.45) is 0 Å². The van der Waals surface area contributed by atoms with Gasteiger partial charge in [0.1, 0.15) is 5.82 Å². The Balaban J connectivity index is 1.90. The van der Waals surface area contributed by atoms with E-state index in [0.29, 0.717) is 5.02 Å². The SMILES string of the molecule is O=C(O)c1cccc(-n2nc(-c3cccc(Cl)c3)c3c2NCCCC3)c1. The van der Waals surface area contributed by atoms with Crippen molar-refractivity contribution < 1.29 is 9.90 Å². The van der Waals surface area contributed by atoms with Gasteiger partial charge in [0.25, 0.3) is 0 Å². The maximum absolute atomic E-state index is 11.3. The fraction of sp³-hybridized carbons (Fsp3) is 0.200. The molecule has 1 aliphatic heterocycles. The second kappa shape index (κ2) is 6.84. The third kappa shape index (κ3) is 3.06. The summed E-state index contributed by atoms with van der Waals surface area (Å²) in [4.78, 5) is 11.3. The molecule has 0 fully saturated rings. The molecule has 0 atom stereocenters. The molecule has 0 unspecified atom stereocenters. The molecule has 0 aliphatic carbocycles. The predicted octanol–water partition coefficient (Wildman–Crippen LogP) is 4.64. The largest absolute Gasteiger partial charge is 0.478 e. The van der Waals surface area contributed by atoms with E-state index < -0.39 is 5.97 Å². The van der Waals surface area contributed by atoms with Crippen LogP contribution in [0.2, 0.25) is 5.02 Å². The van der Waals surface area contributed by atoms with Crippen LogP contribution in [0, 0.1) is 0 Å². The van der Waals surface area contributed by atoms with E-state index in [0.717, 1.165) is 54.1 Å². The van der Waals surface area contributed by atoms with Crippen LogP contribution in [0.1, 0.15) is 28.8 Å². The third-order valence-electron chi connectivity index (χ3n) is 4.57. The Morgan fingerprint density at radius 3 is 2.81 bits per heavy atom. The van der Waals surface area contributed by atoms with E-state index in [1.54, 1.807) is 18.2 Å². The molecular weight excluding hydrogens is 350 g/mol. The van der Waals surface area contributed by atoms with E-state index in [-0.39, 0.29) is 5.56 Å². The van der Waals surface area contributed by atoms with Crippen LogP contribution in [-0.4, -0.2) is 27.4 Å². The minimum atomic E-state index is -0.951. The number of carboxylic acid groups (broad SMARTS) is 1. The van der Waals surface area contributed by atoms with E-state index in [1.807, 2.05) is 35.0 Å². The number of hydrogen-bond donors (Lipinski definition) is 2. The number of fused-ring (bicyclic) bond motifs is 1. The summed E-state index contributed by atoms with van der Waals surface area (Å²) in [7, 11) is 0. The van der Waals surface area contributed by atoms with Crippen molar-refractivity contribution in [3.63, 3.8) is 0 Å². The van der Waals surface area contributed by atoms with E-state index in [4.69, 9.17) is 16.7 Å². The second-order valence-electron chi connectivity index (χ2n) is 6.34. The smallest absolute Gasteiger partial charge is 0.335 e. The number of nitrogens with one attached hydrogen (secondary N) is 1. The van der Waals surface area contributed by atoms with Crippen molar-refractivity contribution in [2.45, 2.75) is 19.3 Å². The fourth-order valence-corrected chi connectivity index (χ4v) is 3.52. The summed E-state index contributed by atoms with van der Waals surface area (Å²) in [6.07, 6.45) is 3.08. The number of hydrogen-bond acceptors (Lipinski definition) is 3.